The number of benzene rings is 3. The van der Waals surface area contributed by atoms with Gasteiger partial charge in [0.1, 0.15) is 17.5 Å². The van der Waals surface area contributed by atoms with Crippen LogP contribution < -0.4 is 10.3 Å². The number of rotatable bonds is 6. The van der Waals surface area contributed by atoms with Gasteiger partial charge in [-0.25, -0.2) is 9.97 Å². The number of halogens is 2. The van der Waals surface area contributed by atoms with Gasteiger partial charge in [-0.05, 0) is 60.2 Å². The van der Waals surface area contributed by atoms with E-state index in [4.69, 9.17) is 32.4 Å². The van der Waals surface area contributed by atoms with Gasteiger partial charge in [-0.1, -0.05) is 35.3 Å². The fourth-order valence-corrected chi connectivity index (χ4v) is 4.38. The molecule has 0 unspecified atom stereocenters. The van der Waals surface area contributed by atoms with Crippen LogP contribution in [0.25, 0.3) is 33.5 Å². The maximum Gasteiger partial charge on any atom is 0.287 e. The zero-order valence-corrected chi connectivity index (χ0v) is 21.7. The summed E-state index contributed by atoms with van der Waals surface area (Å²) in [6.07, 6.45) is 2.55. The van der Waals surface area contributed by atoms with Crippen LogP contribution in [0.15, 0.2) is 99.4 Å². The number of fused-ring (bicyclic) bond motifs is 2. The van der Waals surface area contributed by atoms with E-state index in [1.165, 1.54) is 23.0 Å². The number of nitro groups is 1. The molecule has 0 fully saturated rings. The Morgan fingerprint density at radius 2 is 1.88 bits per heavy atom. The van der Waals surface area contributed by atoms with Gasteiger partial charge in [-0.3, -0.25) is 14.9 Å². The van der Waals surface area contributed by atoms with Gasteiger partial charge in [-0.2, -0.15) is 9.78 Å². The Balaban J connectivity index is 1.36. The lowest BCUT2D eigenvalue weighted by Gasteiger charge is -2.08. The average molecular weight is 572 g/mol. The fourth-order valence-electron chi connectivity index (χ4n) is 3.97. The molecule has 6 rings (SSSR count). The van der Waals surface area contributed by atoms with Crippen LogP contribution in [0.4, 0.5) is 5.69 Å². The van der Waals surface area contributed by atoms with Crippen LogP contribution in [-0.4, -0.2) is 25.8 Å². The van der Waals surface area contributed by atoms with E-state index in [1.54, 1.807) is 66.7 Å². The number of furan rings is 1. The van der Waals surface area contributed by atoms with Crippen molar-refractivity contribution in [2.45, 2.75) is 0 Å². The molecule has 0 N–H and O–H groups in total. The summed E-state index contributed by atoms with van der Waals surface area (Å²) in [6, 6.07) is 21.4. The van der Waals surface area contributed by atoms with Crippen molar-refractivity contribution < 1.29 is 14.1 Å². The molecule has 3 aromatic carbocycles. The molecule has 0 bridgehead atoms. The molecule has 3 heterocycles. The van der Waals surface area contributed by atoms with Crippen molar-refractivity contribution in [2.24, 2.45) is 5.10 Å². The first-order chi connectivity index (χ1) is 19.4. The van der Waals surface area contributed by atoms with Crippen LogP contribution in [0.2, 0.25) is 10.0 Å². The van der Waals surface area contributed by atoms with Crippen LogP contribution in [0.1, 0.15) is 5.56 Å². The Kier molecular flexibility index (Phi) is 6.47. The summed E-state index contributed by atoms with van der Waals surface area (Å²) in [4.78, 5) is 32.3. The first-order valence-corrected chi connectivity index (χ1v) is 12.4. The highest BCUT2D eigenvalue weighted by Crippen LogP contribution is 2.31. The molecule has 0 radical (unpaired) electrons. The van der Waals surface area contributed by atoms with Gasteiger partial charge in [0, 0.05) is 22.5 Å². The van der Waals surface area contributed by atoms with E-state index in [2.05, 4.69) is 15.1 Å². The van der Waals surface area contributed by atoms with Gasteiger partial charge in [0.25, 0.3) is 11.2 Å². The molecule has 0 saturated heterocycles. The summed E-state index contributed by atoms with van der Waals surface area (Å²) in [5.41, 5.74) is 1.11. The number of hydrogen-bond donors (Lipinski definition) is 0. The third-order valence-electron chi connectivity index (χ3n) is 5.88. The number of aromatic nitrogens is 3. The zero-order chi connectivity index (χ0) is 27.8. The summed E-state index contributed by atoms with van der Waals surface area (Å²) in [7, 11) is 0. The van der Waals surface area contributed by atoms with Crippen LogP contribution >= 0.6 is 23.2 Å². The van der Waals surface area contributed by atoms with Gasteiger partial charge in [0.05, 0.1) is 27.1 Å². The van der Waals surface area contributed by atoms with Crippen molar-refractivity contribution >= 4 is 57.0 Å². The highest BCUT2D eigenvalue weighted by molar-refractivity contribution is 6.32. The van der Waals surface area contributed by atoms with Crippen LogP contribution in [-0.2, 0) is 0 Å². The van der Waals surface area contributed by atoms with Crippen molar-refractivity contribution in [1.29, 1.82) is 0 Å². The van der Waals surface area contributed by atoms with Crippen LogP contribution in [0, 0.1) is 10.1 Å². The normalized spacial score (nSPS) is 11.4. The molecule has 10 nitrogen and oxygen atoms in total. The molecule has 40 heavy (non-hydrogen) atoms. The summed E-state index contributed by atoms with van der Waals surface area (Å²) in [5, 5.41) is 17.2. The van der Waals surface area contributed by atoms with E-state index in [-0.39, 0.29) is 33.7 Å². The van der Waals surface area contributed by atoms with Crippen molar-refractivity contribution in [3.63, 3.8) is 0 Å². The minimum atomic E-state index is -0.552. The molecular formula is C28H15Cl2N5O5. The van der Waals surface area contributed by atoms with E-state index in [0.29, 0.717) is 32.8 Å². The Hall–Kier alpha value is -5.06. The fraction of sp³-hybridized carbons (Fsp3) is 0. The lowest BCUT2D eigenvalue weighted by Crippen LogP contribution is -2.20. The molecule has 3 aromatic heterocycles. The van der Waals surface area contributed by atoms with Crippen molar-refractivity contribution in [3.8, 4) is 23.2 Å². The maximum absolute atomic E-state index is 13.5. The third kappa shape index (κ3) is 4.89. The highest BCUT2D eigenvalue weighted by Gasteiger charge is 2.17. The molecule has 0 atom stereocenters. The number of nitrogens with zero attached hydrogens (tertiary/aromatic N) is 5. The molecule has 0 aliphatic rings. The third-order valence-corrected chi connectivity index (χ3v) is 6.41. The molecule has 0 saturated carbocycles. The zero-order valence-electron chi connectivity index (χ0n) is 20.2. The van der Waals surface area contributed by atoms with Gasteiger partial charge < -0.3 is 9.15 Å². The van der Waals surface area contributed by atoms with Gasteiger partial charge in [0.2, 0.25) is 11.7 Å². The molecule has 6 aromatic rings. The molecule has 196 valence electrons. The average Bonchev–Trinajstić information content (AvgIpc) is 3.37. The topological polar surface area (TPSA) is 126 Å². The largest absolute Gasteiger partial charge is 0.453 e. The molecule has 0 spiro atoms. The first-order valence-electron chi connectivity index (χ1n) is 11.7. The lowest BCUT2D eigenvalue weighted by atomic mass is 10.2. The number of ether oxygens (including phenoxy) is 1. The number of para-hydroxylation sites is 1. The smallest absolute Gasteiger partial charge is 0.287 e. The van der Waals surface area contributed by atoms with E-state index < -0.39 is 4.92 Å². The maximum atomic E-state index is 13.5. The SMILES string of the molecule is O=c1c2ccccc2nc(-c2cc3cc(Cl)ccc3o2)n1N=Cc1ccc(Oc2ccc([N+](=O)[O-])cn2)c(Cl)c1. The number of hydrogen-bond acceptors (Lipinski definition) is 8. The van der Waals surface area contributed by atoms with E-state index in [9.17, 15) is 14.9 Å². The monoisotopic (exact) mass is 571 g/mol. The molecular weight excluding hydrogens is 557 g/mol. The Bertz CT molecular complexity index is 2020. The highest BCUT2D eigenvalue weighted by atomic mass is 35.5. The second kappa shape index (κ2) is 10.3. The minimum Gasteiger partial charge on any atom is -0.453 e. The standard InChI is InChI=1S/C28H15Cl2N5O5/c29-18-6-9-23-17(12-18)13-25(39-23)27-33-22-4-2-1-3-20(22)28(36)34(27)32-14-16-5-8-24(21(30)11-16)40-26-10-7-19(15-31-26)35(37)38/h1-15H. The minimum absolute atomic E-state index is 0.138. The van der Waals surface area contributed by atoms with E-state index in [0.717, 1.165) is 11.6 Å². The van der Waals surface area contributed by atoms with Gasteiger partial charge in [-0.15, -0.1) is 0 Å². The second-order valence-corrected chi connectivity index (χ2v) is 9.35. The Labute approximate surface area is 234 Å². The van der Waals surface area contributed by atoms with Gasteiger partial charge in [0.15, 0.2) is 5.76 Å². The van der Waals surface area contributed by atoms with Crippen molar-refractivity contribution in [3.05, 3.63) is 121 Å². The van der Waals surface area contributed by atoms with E-state index >= 15 is 0 Å². The van der Waals surface area contributed by atoms with Crippen LogP contribution in [0.5, 0.6) is 11.6 Å². The molecule has 0 aliphatic heterocycles. The van der Waals surface area contributed by atoms with Crippen molar-refractivity contribution in [1.82, 2.24) is 14.6 Å². The molecule has 0 aliphatic carbocycles. The summed E-state index contributed by atoms with van der Waals surface area (Å²) in [5.74, 6) is 0.975. The Morgan fingerprint density at radius 3 is 2.65 bits per heavy atom. The summed E-state index contributed by atoms with van der Waals surface area (Å²) in [6.45, 7) is 0. The summed E-state index contributed by atoms with van der Waals surface area (Å²) >= 11 is 12.5. The summed E-state index contributed by atoms with van der Waals surface area (Å²) < 4.78 is 12.8. The van der Waals surface area contributed by atoms with Crippen molar-refractivity contribution in [2.75, 3.05) is 0 Å². The predicted octanol–water partition coefficient (Wildman–Crippen LogP) is 7.09. The molecule has 0 amide bonds. The second-order valence-electron chi connectivity index (χ2n) is 8.51. The lowest BCUT2D eigenvalue weighted by molar-refractivity contribution is -0.385. The first kappa shape index (κ1) is 25.2. The molecule has 12 heteroatoms. The quantitative estimate of drug-likeness (QED) is 0.118. The Morgan fingerprint density at radius 1 is 1.02 bits per heavy atom. The predicted molar refractivity (Wildman–Crippen MR) is 152 cm³/mol. The van der Waals surface area contributed by atoms with E-state index in [1.807, 2.05) is 0 Å². The number of pyridine rings is 1. The van der Waals surface area contributed by atoms with Gasteiger partial charge >= 0.3 is 0 Å². The van der Waals surface area contributed by atoms with Crippen LogP contribution in [0.3, 0.4) is 0 Å².